The quantitative estimate of drug-likeness (QED) is 0.897. The third-order valence-corrected chi connectivity index (χ3v) is 2.71. The van der Waals surface area contributed by atoms with E-state index in [0.717, 1.165) is 5.56 Å². The zero-order valence-electron chi connectivity index (χ0n) is 9.74. The molecule has 0 fully saturated rings. The van der Waals surface area contributed by atoms with E-state index in [1.54, 1.807) is 30.3 Å². The van der Waals surface area contributed by atoms with Crippen LogP contribution in [0.5, 0.6) is 0 Å². The lowest BCUT2D eigenvalue weighted by Gasteiger charge is -2.06. The molecule has 2 N–H and O–H groups in total. The Bertz CT molecular complexity index is 577. The average Bonchev–Trinajstić information content (AvgIpc) is 2.80. The van der Waals surface area contributed by atoms with Crippen LogP contribution in [0.4, 0.5) is 5.69 Å². The molecule has 2 rings (SSSR count). The fourth-order valence-corrected chi connectivity index (χ4v) is 1.75. The Morgan fingerprint density at radius 1 is 1.39 bits per heavy atom. The third-order valence-electron chi connectivity index (χ3n) is 2.38. The Labute approximate surface area is 109 Å². The van der Waals surface area contributed by atoms with Crippen molar-refractivity contribution in [3.8, 4) is 11.3 Å². The molecule has 0 saturated carbocycles. The number of benzene rings is 1. The summed E-state index contributed by atoms with van der Waals surface area (Å²) in [7, 11) is 0. The summed E-state index contributed by atoms with van der Waals surface area (Å²) >= 11 is 5.97. The van der Waals surface area contributed by atoms with E-state index < -0.39 is 0 Å². The minimum absolute atomic E-state index is 0.147. The number of aliphatic hydroxyl groups excluding tert-OH is 1. The first-order valence-electron chi connectivity index (χ1n) is 5.37. The van der Waals surface area contributed by atoms with E-state index in [1.165, 1.54) is 6.92 Å². The van der Waals surface area contributed by atoms with Gasteiger partial charge in [0.05, 0.1) is 10.7 Å². The molecule has 0 atom stereocenters. The minimum atomic E-state index is -0.190. The van der Waals surface area contributed by atoms with Crippen molar-refractivity contribution in [2.24, 2.45) is 0 Å². The second-order valence-corrected chi connectivity index (χ2v) is 4.21. The summed E-state index contributed by atoms with van der Waals surface area (Å²) in [6.45, 7) is 1.27. The Kier molecular flexibility index (Phi) is 3.69. The molecule has 94 valence electrons. The Hall–Kier alpha value is -1.78. The lowest BCUT2D eigenvalue weighted by Crippen LogP contribution is -2.06. The topological polar surface area (TPSA) is 62.5 Å². The maximum Gasteiger partial charge on any atom is 0.221 e. The zero-order chi connectivity index (χ0) is 13.1. The number of carbonyl (C=O) groups is 1. The fraction of sp³-hybridized carbons (Fsp3) is 0.154. The van der Waals surface area contributed by atoms with Crippen molar-refractivity contribution in [3.63, 3.8) is 0 Å². The van der Waals surface area contributed by atoms with E-state index in [1.807, 2.05) is 0 Å². The molecule has 1 aromatic heterocycles. The van der Waals surface area contributed by atoms with Crippen molar-refractivity contribution in [2.45, 2.75) is 13.5 Å². The summed E-state index contributed by atoms with van der Waals surface area (Å²) in [5, 5.41) is 12.0. The summed E-state index contributed by atoms with van der Waals surface area (Å²) in [6.07, 6.45) is 0. The number of rotatable bonds is 3. The molecule has 18 heavy (non-hydrogen) atoms. The molecule has 0 spiro atoms. The Balaban J connectivity index is 2.36. The summed E-state index contributed by atoms with van der Waals surface area (Å²) in [6, 6.07) is 8.65. The van der Waals surface area contributed by atoms with Crippen molar-refractivity contribution in [2.75, 3.05) is 5.32 Å². The Morgan fingerprint density at radius 2 is 2.17 bits per heavy atom. The number of aliphatic hydroxyl groups is 1. The number of anilines is 1. The van der Waals surface area contributed by atoms with Gasteiger partial charge in [0.1, 0.15) is 18.1 Å². The SMILES string of the molecule is CC(=O)Nc1cc(-c2ccc(CO)o2)ccc1Cl. The molecular formula is C13H12ClNO3. The number of amides is 1. The van der Waals surface area contributed by atoms with E-state index in [4.69, 9.17) is 21.1 Å². The predicted octanol–water partition coefficient (Wildman–Crippen LogP) is 3.05. The van der Waals surface area contributed by atoms with Crippen molar-refractivity contribution in [3.05, 3.63) is 41.1 Å². The summed E-state index contributed by atoms with van der Waals surface area (Å²) in [5.74, 6) is 0.910. The highest BCUT2D eigenvalue weighted by molar-refractivity contribution is 6.33. The molecule has 1 amide bonds. The molecule has 0 unspecified atom stereocenters. The van der Waals surface area contributed by atoms with Crippen molar-refractivity contribution in [1.29, 1.82) is 0 Å². The van der Waals surface area contributed by atoms with Gasteiger partial charge in [-0.2, -0.15) is 0 Å². The van der Waals surface area contributed by atoms with E-state index >= 15 is 0 Å². The molecule has 0 aliphatic carbocycles. The van der Waals surface area contributed by atoms with Gasteiger partial charge in [-0.15, -0.1) is 0 Å². The molecule has 2 aromatic rings. The number of carbonyl (C=O) groups excluding carboxylic acids is 1. The highest BCUT2D eigenvalue weighted by atomic mass is 35.5. The van der Waals surface area contributed by atoms with Crippen molar-refractivity contribution >= 4 is 23.2 Å². The first-order valence-corrected chi connectivity index (χ1v) is 5.75. The average molecular weight is 266 g/mol. The van der Waals surface area contributed by atoms with Crippen LogP contribution in [0, 0.1) is 0 Å². The molecule has 0 radical (unpaired) electrons. The summed E-state index contributed by atoms with van der Waals surface area (Å²) in [4.78, 5) is 11.0. The van der Waals surface area contributed by atoms with E-state index in [2.05, 4.69) is 5.32 Å². The van der Waals surface area contributed by atoms with Crippen LogP contribution in [0.3, 0.4) is 0 Å². The van der Waals surface area contributed by atoms with Crippen LogP contribution in [0.25, 0.3) is 11.3 Å². The van der Waals surface area contributed by atoms with Gasteiger partial charge in [-0.05, 0) is 30.3 Å². The highest BCUT2D eigenvalue weighted by Gasteiger charge is 2.08. The van der Waals surface area contributed by atoms with Crippen LogP contribution in [-0.2, 0) is 11.4 Å². The van der Waals surface area contributed by atoms with Crippen molar-refractivity contribution < 1.29 is 14.3 Å². The number of furan rings is 1. The van der Waals surface area contributed by atoms with Crippen LogP contribution in [0.1, 0.15) is 12.7 Å². The zero-order valence-corrected chi connectivity index (χ0v) is 10.5. The predicted molar refractivity (Wildman–Crippen MR) is 69.4 cm³/mol. The van der Waals surface area contributed by atoms with Crippen LogP contribution in [0.15, 0.2) is 34.7 Å². The van der Waals surface area contributed by atoms with Gasteiger partial charge in [-0.1, -0.05) is 11.6 Å². The maximum atomic E-state index is 11.0. The molecule has 0 saturated heterocycles. The van der Waals surface area contributed by atoms with Gasteiger partial charge in [-0.25, -0.2) is 0 Å². The van der Waals surface area contributed by atoms with E-state index in [-0.39, 0.29) is 12.5 Å². The first kappa shape index (κ1) is 12.7. The minimum Gasteiger partial charge on any atom is -0.459 e. The molecule has 0 aliphatic heterocycles. The largest absolute Gasteiger partial charge is 0.459 e. The number of hydrogen-bond acceptors (Lipinski definition) is 3. The van der Waals surface area contributed by atoms with Gasteiger partial charge in [0.2, 0.25) is 5.91 Å². The smallest absolute Gasteiger partial charge is 0.221 e. The molecule has 1 aromatic carbocycles. The van der Waals surface area contributed by atoms with Crippen LogP contribution >= 0.6 is 11.6 Å². The van der Waals surface area contributed by atoms with Gasteiger partial charge < -0.3 is 14.8 Å². The number of halogens is 1. The third kappa shape index (κ3) is 2.72. The maximum absolute atomic E-state index is 11.0. The van der Waals surface area contributed by atoms with Gasteiger partial charge in [0.15, 0.2) is 0 Å². The van der Waals surface area contributed by atoms with Gasteiger partial charge in [-0.3, -0.25) is 4.79 Å². The van der Waals surface area contributed by atoms with Gasteiger partial charge in [0, 0.05) is 12.5 Å². The fourth-order valence-electron chi connectivity index (χ4n) is 1.58. The molecule has 0 bridgehead atoms. The molecule has 5 heteroatoms. The van der Waals surface area contributed by atoms with E-state index in [0.29, 0.717) is 22.2 Å². The van der Waals surface area contributed by atoms with Crippen LogP contribution in [0.2, 0.25) is 5.02 Å². The molecular weight excluding hydrogens is 254 g/mol. The lowest BCUT2D eigenvalue weighted by molar-refractivity contribution is -0.114. The summed E-state index contributed by atoms with van der Waals surface area (Å²) in [5.41, 5.74) is 1.31. The van der Waals surface area contributed by atoms with E-state index in [9.17, 15) is 4.79 Å². The standard InChI is InChI=1S/C13H12ClNO3/c1-8(17)15-12-6-9(2-4-11(12)14)13-5-3-10(7-16)18-13/h2-6,16H,7H2,1H3,(H,15,17). The van der Waals surface area contributed by atoms with Gasteiger partial charge >= 0.3 is 0 Å². The highest BCUT2D eigenvalue weighted by Crippen LogP contribution is 2.29. The normalized spacial score (nSPS) is 10.4. The second kappa shape index (κ2) is 5.25. The number of nitrogens with one attached hydrogen (secondary N) is 1. The molecule has 0 aliphatic rings. The lowest BCUT2D eigenvalue weighted by atomic mass is 10.1. The number of hydrogen-bond donors (Lipinski definition) is 2. The van der Waals surface area contributed by atoms with Crippen LogP contribution in [-0.4, -0.2) is 11.0 Å². The first-order chi connectivity index (χ1) is 8.60. The van der Waals surface area contributed by atoms with Gasteiger partial charge in [0.25, 0.3) is 0 Å². The van der Waals surface area contributed by atoms with Crippen molar-refractivity contribution in [1.82, 2.24) is 0 Å². The molecule has 1 heterocycles. The summed E-state index contributed by atoms with van der Waals surface area (Å²) < 4.78 is 5.41. The Morgan fingerprint density at radius 3 is 2.78 bits per heavy atom. The van der Waals surface area contributed by atoms with Crippen LogP contribution < -0.4 is 5.32 Å². The monoisotopic (exact) mass is 265 g/mol. The second-order valence-electron chi connectivity index (χ2n) is 3.80. The molecule has 4 nitrogen and oxygen atoms in total.